The molecular weight excluding hydrogens is 354 g/mol. The molecule has 0 aliphatic heterocycles. The minimum Gasteiger partial charge on any atom is -0.493 e. The van der Waals surface area contributed by atoms with Crippen LogP contribution in [0.1, 0.15) is 5.56 Å². The maximum atomic E-state index is 12.3. The SMILES string of the molecule is C=CCc1ccc(OCC(=O)Nc2cccc(-c3nccn3C)c2)c(OC)c1. The fourth-order valence-electron chi connectivity index (χ4n) is 2.85. The summed E-state index contributed by atoms with van der Waals surface area (Å²) in [6.07, 6.45) is 6.18. The molecule has 6 heteroatoms. The van der Waals surface area contributed by atoms with Crippen LogP contribution in [0.2, 0.25) is 0 Å². The molecule has 0 spiro atoms. The molecule has 6 nitrogen and oxygen atoms in total. The van der Waals surface area contributed by atoms with Gasteiger partial charge in [-0.25, -0.2) is 4.98 Å². The summed E-state index contributed by atoms with van der Waals surface area (Å²) >= 11 is 0. The third-order valence-corrected chi connectivity index (χ3v) is 4.19. The van der Waals surface area contributed by atoms with Gasteiger partial charge >= 0.3 is 0 Å². The average molecular weight is 377 g/mol. The van der Waals surface area contributed by atoms with Gasteiger partial charge in [-0.05, 0) is 36.2 Å². The fourth-order valence-corrected chi connectivity index (χ4v) is 2.85. The molecule has 0 aliphatic carbocycles. The Morgan fingerprint density at radius 2 is 2.11 bits per heavy atom. The zero-order valence-electron chi connectivity index (χ0n) is 16.0. The van der Waals surface area contributed by atoms with Gasteiger partial charge in [0.15, 0.2) is 18.1 Å². The first-order valence-electron chi connectivity index (χ1n) is 8.89. The van der Waals surface area contributed by atoms with Gasteiger partial charge in [0, 0.05) is 30.7 Å². The van der Waals surface area contributed by atoms with Crippen LogP contribution in [0.4, 0.5) is 5.69 Å². The van der Waals surface area contributed by atoms with Gasteiger partial charge < -0.3 is 19.4 Å². The van der Waals surface area contributed by atoms with E-state index in [2.05, 4.69) is 16.9 Å². The maximum absolute atomic E-state index is 12.3. The van der Waals surface area contributed by atoms with Crippen LogP contribution in [0.5, 0.6) is 11.5 Å². The molecule has 28 heavy (non-hydrogen) atoms. The lowest BCUT2D eigenvalue weighted by Gasteiger charge is -2.12. The van der Waals surface area contributed by atoms with E-state index in [4.69, 9.17) is 9.47 Å². The lowest BCUT2D eigenvalue weighted by Crippen LogP contribution is -2.20. The number of rotatable bonds is 8. The van der Waals surface area contributed by atoms with Crippen molar-refractivity contribution in [3.8, 4) is 22.9 Å². The summed E-state index contributed by atoms with van der Waals surface area (Å²) in [5, 5.41) is 2.85. The number of carbonyl (C=O) groups is 1. The Morgan fingerprint density at radius 3 is 2.82 bits per heavy atom. The van der Waals surface area contributed by atoms with Crippen molar-refractivity contribution in [3.63, 3.8) is 0 Å². The number of aromatic nitrogens is 2. The van der Waals surface area contributed by atoms with E-state index in [-0.39, 0.29) is 12.5 Å². The van der Waals surface area contributed by atoms with E-state index in [9.17, 15) is 4.79 Å². The molecule has 1 amide bonds. The number of ether oxygens (including phenoxy) is 2. The molecule has 0 saturated carbocycles. The average Bonchev–Trinajstić information content (AvgIpc) is 3.13. The number of hydrogen-bond donors (Lipinski definition) is 1. The Bertz CT molecular complexity index is 979. The van der Waals surface area contributed by atoms with E-state index in [1.165, 1.54) is 0 Å². The van der Waals surface area contributed by atoms with Crippen LogP contribution >= 0.6 is 0 Å². The second-order valence-electron chi connectivity index (χ2n) is 6.26. The van der Waals surface area contributed by atoms with Gasteiger partial charge in [0.1, 0.15) is 5.82 Å². The van der Waals surface area contributed by atoms with Crippen LogP contribution in [0.3, 0.4) is 0 Å². The first-order chi connectivity index (χ1) is 13.6. The third kappa shape index (κ3) is 4.59. The van der Waals surface area contributed by atoms with Gasteiger partial charge in [-0.15, -0.1) is 6.58 Å². The number of benzene rings is 2. The highest BCUT2D eigenvalue weighted by Gasteiger charge is 2.10. The van der Waals surface area contributed by atoms with Crippen LogP contribution in [0.25, 0.3) is 11.4 Å². The molecule has 0 radical (unpaired) electrons. The summed E-state index contributed by atoms with van der Waals surface area (Å²) in [6, 6.07) is 13.1. The van der Waals surface area contributed by atoms with Crippen molar-refractivity contribution in [2.75, 3.05) is 19.0 Å². The number of anilines is 1. The molecule has 0 bridgehead atoms. The molecule has 0 saturated heterocycles. The summed E-state index contributed by atoms with van der Waals surface area (Å²) in [5.74, 6) is 1.68. The van der Waals surface area contributed by atoms with Crippen molar-refractivity contribution >= 4 is 11.6 Å². The van der Waals surface area contributed by atoms with Crippen LogP contribution < -0.4 is 14.8 Å². The Balaban J connectivity index is 1.64. The van der Waals surface area contributed by atoms with Crippen molar-refractivity contribution in [1.29, 1.82) is 0 Å². The number of nitrogens with zero attached hydrogens (tertiary/aromatic N) is 2. The van der Waals surface area contributed by atoms with Crippen molar-refractivity contribution in [2.24, 2.45) is 7.05 Å². The van der Waals surface area contributed by atoms with Gasteiger partial charge in [0.05, 0.1) is 7.11 Å². The molecule has 0 aliphatic rings. The zero-order chi connectivity index (χ0) is 19.9. The molecule has 1 aromatic heterocycles. The summed E-state index contributed by atoms with van der Waals surface area (Å²) in [4.78, 5) is 16.6. The Morgan fingerprint density at radius 1 is 1.25 bits per heavy atom. The highest BCUT2D eigenvalue weighted by molar-refractivity contribution is 5.92. The van der Waals surface area contributed by atoms with Crippen LogP contribution in [-0.4, -0.2) is 29.2 Å². The quantitative estimate of drug-likeness (QED) is 0.606. The lowest BCUT2D eigenvalue weighted by atomic mass is 10.1. The fraction of sp³-hybridized carbons (Fsp3) is 0.182. The summed E-state index contributed by atoms with van der Waals surface area (Å²) in [5.41, 5.74) is 2.67. The Labute approximate surface area is 164 Å². The number of nitrogens with one attached hydrogen (secondary N) is 1. The van der Waals surface area contributed by atoms with E-state index in [1.807, 2.05) is 60.3 Å². The molecule has 3 aromatic rings. The van der Waals surface area contributed by atoms with Crippen LogP contribution in [0, 0.1) is 0 Å². The number of aryl methyl sites for hydroxylation is 1. The van der Waals surface area contributed by atoms with Crippen molar-refractivity contribution < 1.29 is 14.3 Å². The van der Waals surface area contributed by atoms with Gasteiger partial charge in [-0.2, -0.15) is 0 Å². The van der Waals surface area contributed by atoms with Crippen LogP contribution in [0.15, 0.2) is 67.5 Å². The van der Waals surface area contributed by atoms with Crippen molar-refractivity contribution in [2.45, 2.75) is 6.42 Å². The van der Waals surface area contributed by atoms with Gasteiger partial charge in [-0.3, -0.25) is 4.79 Å². The first kappa shape index (κ1) is 19.2. The van der Waals surface area contributed by atoms with E-state index in [0.717, 1.165) is 23.4 Å². The lowest BCUT2D eigenvalue weighted by molar-refractivity contribution is -0.118. The third-order valence-electron chi connectivity index (χ3n) is 4.19. The maximum Gasteiger partial charge on any atom is 0.262 e. The predicted octanol–water partition coefficient (Wildman–Crippen LogP) is 3.84. The van der Waals surface area contributed by atoms with Gasteiger partial charge in [0.25, 0.3) is 5.91 Å². The minimum absolute atomic E-state index is 0.121. The second-order valence-corrected chi connectivity index (χ2v) is 6.26. The number of allylic oxidation sites excluding steroid dienone is 1. The number of hydrogen-bond acceptors (Lipinski definition) is 4. The molecule has 0 unspecified atom stereocenters. The summed E-state index contributed by atoms with van der Waals surface area (Å²) in [6.45, 7) is 3.61. The summed E-state index contributed by atoms with van der Waals surface area (Å²) in [7, 11) is 3.50. The predicted molar refractivity (Wildman–Crippen MR) is 110 cm³/mol. The summed E-state index contributed by atoms with van der Waals surface area (Å²) < 4.78 is 12.9. The molecule has 3 rings (SSSR count). The standard InChI is InChI=1S/C22H23N3O3/c1-4-6-16-9-10-19(20(13-16)27-3)28-15-21(26)24-18-8-5-7-17(14-18)22-23-11-12-25(22)2/h4-5,7-14H,1,6,15H2,2-3H3,(H,24,26). The monoisotopic (exact) mass is 377 g/mol. The Hall–Kier alpha value is -3.54. The molecule has 144 valence electrons. The van der Waals surface area contributed by atoms with Crippen molar-refractivity contribution in [1.82, 2.24) is 9.55 Å². The van der Waals surface area contributed by atoms with Crippen molar-refractivity contribution in [3.05, 3.63) is 73.1 Å². The smallest absolute Gasteiger partial charge is 0.262 e. The van der Waals surface area contributed by atoms with E-state index in [0.29, 0.717) is 17.2 Å². The Kier molecular flexibility index (Phi) is 6.11. The molecule has 0 fully saturated rings. The number of methoxy groups -OCH3 is 1. The highest BCUT2D eigenvalue weighted by Crippen LogP contribution is 2.28. The molecular formula is C22H23N3O3. The first-order valence-corrected chi connectivity index (χ1v) is 8.89. The normalized spacial score (nSPS) is 10.4. The van der Waals surface area contributed by atoms with Gasteiger partial charge in [-0.1, -0.05) is 24.3 Å². The largest absolute Gasteiger partial charge is 0.493 e. The topological polar surface area (TPSA) is 65.4 Å². The molecule has 0 atom stereocenters. The highest BCUT2D eigenvalue weighted by atomic mass is 16.5. The molecule has 2 aromatic carbocycles. The minimum atomic E-state index is -0.255. The van der Waals surface area contributed by atoms with E-state index < -0.39 is 0 Å². The zero-order valence-corrected chi connectivity index (χ0v) is 16.0. The van der Waals surface area contributed by atoms with Crippen LogP contribution in [-0.2, 0) is 18.3 Å². The number of amides is 1. The molecule has 1 heterocycles. The van der Waals surface area contributed by atoms with Gasteiger partial charge in [0.2, 0.25) is 0 Å². The number of carbonyl (C=O) groups excluding carboxylic acids is 1. The van der Waals surface area contributed by atoms with E-state index in [1.54, 1.807) is 19.4 Å². The number of imidazole rings is 1. The molecule has 1 N–H and O–H groups in total. The van der Waals surface area contributed by atoms with E-state index >= 15 is 0 Å². The second kappa shape index (κ2) is 8.90.